The molecule has 0 saturated carbocycles. The maximum absolute atomic E-state index is 11.2. The maximum Gasteiger partial charge on any atom is 0.164 e. The Morgan fingerprint density at radius 3 is 2.36 bits per heavy atom. The molecule has 0 aliphatic carbocycles. The first-order valence-electron chi connectivity index (χ1n) is 3.61. The summed E-state index contributed by atoms with van der Waals surface area (Å²) >= 11 is 0. The number of ketones is 1. The van der Waals surface area contributed by atoms with Crippen LogP contribution < -0.4 is 0 Å². The number of hydrogen-bond donors (Lipinski definition) is 0. The van der Waals surface area contributed by atoms with E-state index in [0.717, 1.165) is 0 Å². The Labute approximate surface area is 68.1 Å². The summed E-state index contributed by atoms with van der Waals surface area (Å²) in [5.74, 6) is 0.111. The Kier molecular flexibility index (Phi) is 4.20. The fraction of sp³-hybridized carbons (Fsp3) is 0.300. The van der Waals surface area contributed by atoms with Gasteiger partial charge in [0.2, 0.25) is 0 Å². The zero-order chi connectivity index (χ0) is 8.85. The monoisotopic (exact) mass is 150 g/mol. The van der Waals surface area contributed by atoms with Crippen molar-refractivity contribution < 1.29 is 4.79 Å². The van der Waals surface area contributed by atoms with Crippen molar-refractivity contribution in [2.24, 2.45) is 5.92 Å². The van der Waals surface area contributed by atoms with E-state index in [2.05, 4.69) is 13.2 Å². The fourth-order valence-electron chi connectivity index (χ4n) is 0.637. The van der Waals surface area contributed by atoms with E-state index in [9.17, 15) is 4.79 Å². The van der Waals surface area contributed by atoms with Gasteiger partial charge in [0, 0.05) is 11.5 Å². The summed E-state index contributed by atoms with van der Waals surface area (Å²) in [7, 11) is 0. The molecule has 0 rings (SSSR count). The first kappa shape index (κ1) is 9.89. The summed E-state index contributed by atoms with van der Waals surface area (Å²) in [5.41, 5.74) is 0.542. The van der Waals surface area contributed by atoms with Crippen LogP contribution in [-0.2, 0) is 4.79 Å². The van der Waals surface area contributed by atoms with E-state index in [-0.39, 0.29) is 11.7 Å². The van der Waals surface area contributed by atoms with Crippen molar-refractivity contribution in [1.29, 1.82) is 0 Å². The van der Waals surface area contributed by atoms with Crippen LogP contribution in [0.1, 0.15) is 13.8 Å². The van der Waals surface area contributed by atoms with E-state index in [1.807, 2.05) is 13.8 Å². The Balaban J connectivity index is 4.15. The van der Waals surface area contributed by atoms with Crippen LogP contribution in [0.4, 0.5) is 0 Å². The molecule has 0 aromatic rings. The SMILES string of the molecule is C=C/C=C\C(=C)C(=O)C(C)C. The highest BCUT2D eigenvalue weighted by Gasteiger charge is 2.07. The molecular formula is C10H14O. The van der Waals surface area contributed by atoms with Gasteiger partial charge in [-0.2, -0.15) is 0 Å². The molecule has 0 aliphatic rings. The average Bonchev–Trinajstić information content (AvgIpc) is 1.98. The molecule has 1 heteroatoms. The van der Waals surface area contributed by atoms with Gasteiger partial charge in [0.25, 0.3) is 0 Å². The Morgan fingerprint density at radius 2 is 2.00 bits per heavy atom. The van der Waals surface area contributed by atoms with E-state index in [1.165, 1.54) is 0 Å². The van der Waals surface area contributed by atoms with Crippen LogP contribution in [0.3, 0.4) is 0 Å². The molecule has 0 radical (unpaired) electrons. The second kappa shape index (κ2) is 4.67. The van der Waals surface area contributed by atoms with Gasteiger partial charge in [-0.15, -0.1) is 0 Å². The second-order valence-corrected chi connectivity index (χ2v) is 2.64. The van der Waals surface area contributed by atoms with Crippen molar-refractivity contribution in [3.05, 3.63) is 37.0 Å². The topological polar surface area (TPSA) is 17.1 Å². The molecule has 1 nitrogen and oxygen atoms in total. The van der Waals surface area contributed by atoms with Gasteiger partial charge < -0.3 is 0 Å². The van der Waals surface area contributed by atoms with Crippen LogP contribution in [0, 0.1) is 5.92 Å². The molecule has 0 fully saturated rings. The van der Waals surface area contributed by atoms with Crippen LogP contribution in [0.5, 0.6) is 0 Å². The summed E-state index contributed by atoms with van der Waals surface area (Å²) in [6, 6.07) is 0. The lowest BCUT2D eigenvalue weighted by molar-refractivity contribution is -0.117. The summed E-state index contributed by atoms with van der Waals surface area (Å²) in [6.45, 7) is 10.8. The zero-order valence-corrected chi connectivity index (χ0v) is 7.13. The number of hydrogen-bond acceptors (Lipinski definition) is 1. The van der Waals surface area contributed by atoms with Gasteiger partial charge in [0.05, 0.1) is 0 Å². The largest absolute Gasteiger partial charge is 0.294 e. The lowest BCUT2D eigenvalue weighted by atomic mass is 10.0. The lowest BCUT2D eigenvalue weighted by Gasteiger charge is -2.01. The van der Waals surface area contributed by atoms with E-state index in [0.29, 0.717) is 5.57 Å². The minimum Gasteiger partial charge on any atom is -0.294 e. The number of allylic oxidation sites excluding steroid dienone is 4. The summed E-state index contributed by atoms with van der Waals surface area (Å²) in [4.78, 5) is 11.2. The van der Waals surface area contributed by atoms with Crippen molar-refractivity contribution in [3.8, 4) is 0 Å². The van der Waals surface area contributed by atoms with E-state index in [4.69, 9.17) is 0 Å². The van der Waals surface area contributed by atoms with Crippen molar-refractivity contribution in [2.75, 3.05) is 0 Å². The molecule has 0 bridgehead atoms. The highest BCUT2D eigenvalue weighted by atomic mass is 16.1. The van der Waals surface area contributed by atoms with Gasteiger partial charge in [0.1, 0.15) is 0 Å². The predicted octanol–water partition coefficient (Wildman–Crippen LogP) is 2.51. The third kappa shape index (κ3) is 3.56. The second-order valence-electron chi connectivity index (χ2n) is 2.64. The summed E-state index contributed by atoms with van der Waals surface area (Å²) in [6.07, 6.45) is 5.01. The van der Waals surface area contributed by atoms with Crippen molar-refractivity contribution in [1.82, 2.24) is 0 Å². The first-order chi connectivity index (χ1) is 5.09. The smallest absolute Gasteiger partial charge is 0.164 e. The van der Waals surface area contributed by atoms with Crippen molar-refractivity contribution in [3.63, 3.8) is 0 Å². The quantitative estimate of drug-likeness (QED) is 0.444. The summed E-state index contributed by atoms with van der Waals surface area (Å²) in [5, 5.41) is 0. The number of Topliss-reactive ketones (excluding diaryl/α,β-unsaturated/α-hetero) is 1. The molecule has 0 N–H and O–H groups in total. The molecule has 60 valence electrons. The van der Waals surface area contributed by atoms with Crippen molar-refractivity contribution >= 4 is 5.78 Å². The Hall–Kier alpha value is -1.11. The van der Waals surface area contributed by atoms with E-state index in [1.54, 1.807) is 18.2 Å². The van der Waals surface area contributed by atoms with E-state index < -0.39 is 0 Å². The number of carbonyl (C=O) groups is 1. The van der Waals surface area contributed by atoms with Gasteiger partial charge in [-0.3, -0.25) is 4.79 Å². The van der Waals surface area contributed by atoms with Crippen LogP contribution in [-0.4, -0.2) is 5.78 Å². The molecule has 0 aromatic heterocycles. The van der Waals surface area contributed by atoms with Gasteiger partial charge in [-0.25, -0.2) is 0 Å². The van der Waals surface area contributed by atoms with E-state index >= 15 is 0 Å². The maximum atomic E-state index is 11.2. The number of rotatable bonds is 4. The van der Waals surface area contributed by atoms with Crippen LogP contribution in [0.15, 0.2) is 37.0 Å². The molecule has 0 unspecified atom stereocenters. The standard InChI is InChI=1S/C10H14O/c1-5-6-7-9(4)10(11)8(2)3/h5-8H,1,4H2,2-3H3/b7-6-. The molecular weight excluding hydrogens is 136 g/mol. The third-order valence-electron chi connectivity index (χ3n) is 1.27. The van der Waals surface area contributed by atoms with Crippen LogP contribution >= 0.6 is 0 Å². The molecule has 0 saturated heterocycles. The minimum atomic E-state index is 0.0250. The molecule has 0 aromatic carbocycles. The molecule has 0 atom stereocenters. The fourth-order valence-corrected chi connectivity index (χ4v) is 0.637. The van der Waals surface area contributed by atoms with Gasteiger partial charge in [-0.1, -0.05) is 45.2 Å². The van der Waals surface area contributed by atoms with Crippen LogP contribution in [0.2, 0.25) is 0 Å². The highest BCUT2D eigenvalue weighted by molar-refractivity contribution is 5.98. The lowest BCUT2D eigenvalue weighted by Crippen LogP contribution is -2.07. The van der Waals surface area contributed by atoms with Crippen molar-refractivity contribution in [2.45, 2.75) is 13.8 Å². The molecule has 0 amide bonds. The van der Waals surface area contributed by atoms with Gasteiger partial charge in [0.15, 0.2) is 5.78 Å². The van der Waals surface area contributed by atoms with Crippen LogP contribution in [0.25, 0.3) is 0 Å². The van der Waals surface area contributed by atoms with Gasteiger partial charge in [-0.05, 0) is 0 Å². The molecule has 0 heterocycles. The third-order valence-corrected chi connectivity index (χ3v) is 1.27. The first-order valence-corrected chi connectivity index (χ1v) is 3.61. The molecule has 0 spiro atoms. The number of carbonyl (C=O) groups excluding carboxylic acids is 1. The molecule has 11 heavy (non-hydrogen) atoms. The minimum absolute atomic E-state index is 0.0250. The molecule has 0 aliphatic heterocycles. The summed E-state index contributed by atoms with van der Waals surface area (Å²) < 4.78 is 0. The van der Waals surface area contributed by atoms with Gasteiger partial charge >= 0.3 is 0 Å². The zero-order valence-electron chi connectivity index (χ0n) is 7.13. The Morgan fingerprint density at radius 1 is 1.45 bits per heavy atom. The Bertz CT molecular complexity index is 197. The highest BCUT2D eigenvalue weighted by Crippen LogP contribution is 2.04. The average molecular weight is 150 g/mol. The normalized spacial score (nSPS) is 10.5. The predicted molar refractivity (Wildman–Crippen MR) is 48.3 cm³/mol.